The first-order valence-corrected chi connectivity index (χ1v) is 6.47. The SMILES string of the molecule is COc1ccc(C(=O)Cc2ccc(Cl)c(Cl)c2)cc1. The number of Topliss-reactive ketones (excluding diaryl/α,β-unsaturated/α-hetero) is 1. The Labute approximate surface area is 121 Å². The molecule has 2 aromatic rings. The van der Waals surface area contributed by atoms with Gasteiger partial charge in [-0.25, -0.2) is 0 Å². The third-order valence-corrected chi connectivity index (χ3v) is 3.50. The fourth-order valence-electron chi connectivity index (χ4n) is 1.71. The minimum Gasteiger partial charge on any atom is -0.497 e. The van der Waals surface area contributed by atoms with Crippen LogP contribution in [0.3, 0.4) is 0 Å². The number of hydrogen-bond donors (Lipinski definition) is 0. The van der Waals surface area contributed by atoms with Crippen LogP contribution in [0.15, 0.2) is 42.5 Å². The van der Waals surface area contributed by atoms with Crippen LogP contribution in [0.1, 0.15) is 15.9 Å². The van der Waals surface area contributed by atoms with Gasteiger partial charge in [-0.1, -0.05) is 29.3 Å². The number of ether oxygens (including phenoxy) is 1. The van der Waals surface area contributed by atoms with Crippen molar-refractivity contribution in [2.24, 2.45) is 0 Å². The molecule has 0 fully saturated rings. The molecule has 0 N–H and O–H groups in total. The molecule has 0 aliphatic rings. The van der Waals surface area contributed by atoms with E-state index in [1.807, 2.05) is 0 Å². The van der Waals surface area contributed by atoms with Gasteiger partial charge in [-0.05, 0) is 42.0 Å². The summed E-state index contributed by atoms with van der Waals surface area (Å²) in [7, 11) is 1.59. The minimum absolute atomic E-state index is 0.0287. The molecule has 0 amide bonds. The van der Waals surface area contributed by atoms with E-state index < -0.39 is 0 Å². The lowest BCUT2D eigenvalue weighted by atomic mass is 10.0. The summed E-state index contributed by atoms with van der Waals surface area (Å²) in [4.78, 5) is 12.1. The molecule has 4 heteroatoms. The molecule has 2 nitrogen and oxygen atoms in total. The molecule has 0 unspecified atom stereocenters. The molecule has 2 rings (SSSR count). The Hall–Kier alpha value is -1.51. The first-order chi connectivity index (χ1) is 9.10. The molecule has 0 atom stereocenters. The van der Waals surface area contributed by atoms with E-state index >= 15 is 0 Å². The monoisotopic (exact) mass is 294 g/mol. The first-order valence-electron chi connectivity index (χ1n) is 5.71. The van der Waals surface area contributed by atoms with Gasteiger partial charge in [0.25, 0.3) is 0 Å². The van der Waals surface area contributed by atoms with Crippen molar-refractivity contribution >= 4 is 29.0 Å². The van der Waals surface area contributed by atoms with Crippen LogP contribution in [0.2, 0.25) is 10.0 Å². The molecule has 0 aliphatic carbocycles. The van der Waals surface area contributed by atoms with Crippen LogP contribution < -0.4 is 4.74 Å². The highest BCUT2D eigenvalue weighted by molar-refractivity contribution is 6.42. The highest BCUT2D eigenvalue weighted by Crippen LogP contribution is 2.23. The van der Waals surface area contributed by atoms with Crippen LogP contribution in [-0.4, -0.2) is 12.9 Å². The number of rotatable bonds is 4. The van der Waals surface area contributed by atoms with E-state index in [-0.39, 0.29) is 5.78 Å². The van der Waals surface area contributed by atoms with Crippen molar-refractivity contribution < 1.29 is 9.53 Å². The smallest absolute Gasteiger partial charge is 0.167 e. The minimum atomic E-state index is 0.0287. The molecule has 0 heterocycles. The Morgan fingerprint density at radius 1 is 1.05 bits per heavy atom. The van der Waals surface area contributed by atoms with Crippen molar-refractivity contribution in [2.75, 3.05) is 7.11 Å². The van der Waals surface area contributed by atoms with E-state index in [9.17, 15) is 4.79 Å². The third kappa shape index (κ3) is 3.49. The summed E-state index contributed by atoms with van der Waals surface area (Å²) in [5.41, 5.74) is 1.49. The van der Waals surface area contributed by atoms with Crippen LogP contribution >= 0.6 is 23.2 Å². The molecular weight excluding hydrogens is 283 g/mol. The second kappa shape index (κ2) is 6.09. The average Bonchev–Trinajstić information content (AvgIpc) is 2.43. The van der Waals surface area contributed by atoms with E-state index in [2.05, 4.69) is 0 Å². The molecule has 19 heavy (non-hydrogen) atoms. The summed E-state index contributed by atoms with van der Waals surface area (Å²) in [5.74, 6) is 0.757. The van der Waals surface area contributed by atoms with E-state index in [4.69, 9.17) is 27.9 Å². The lowest BCUT2D eigenvalue weighted by Gasteiger charge is -2.04. The van der Waals surface area contributed by atoms with Gasteiger partial charge in [0.1, 0.15) is 5.75 Å². The number of hydrogen-bond acceptors (Lipinski definition) is 2. The maximum atomic E-state index is 12.1. The normalized spacial score (nSPS) is 10.3. The molecule has 0 radical (unpaired) electrons. The standard InChI is InChI=1S/C15H12Cl2O2/c1-19-12-5-3-11(4-6-12)15(18)9-10-2-7-13(16)14(17)8-10/h2-8H,9H2,1H3. The van der Waals surface area contributed by atoms with Crippen LogP contribution in [-0.2, 0) is 6.42 Å². The number of benzene rings is 2. The molecule has 98 valence electrons. The van der Waals surface area contributed by atoms with E-state index in [1.54, 1.807) is 49.6 Å². The van der Waals surface area contributed by atoms with Crippen molar-refractivity contribution in [2.45, 2.75) is 6.42 Å². The second-order valence-electron chi connectivity index (χ2n) is 4.08. The maximum Gasteiger partial charge on any atom is 0.167 e. The topological polar surface area (TPSA) is 26.3 Å². The molecule has 2 aromatic carbocycles. The van der Waals surface area contributed by atoms with Crippen LogP contribution in [0.4, 0.5) is 0 Å². The maximum absolute atomic E-state index is 12.1. The average molecular weight is 295 g/mol. The van der Waals surface area contributed by atoms with Crippen LogP contribution in [0.5, 0.6) is 5.75 Å². The van der Waals surface area contributed by atoms with Crippen molar-refractivity contribution in [3.05, 3.63) is 63.6 Å². The third-order valence-electron chi connectivity index (χ3n) is 2.76. The van der Waals surface area contributed by atoms with Gasteiger partial charge in [0, 0.05) is 12.0 Å². The molecular formula is C15H12Cl2O2. The van der Waals surface area contributed by atoms with Crippen LogP contribution in [0, 0.1) is 0 Å². The summed E-state index contributed by atoms with van der Waals surface area (Å²) >= 11 is 11.8. The van der Waals surface area contributed by atoms with Crippen molar-refractivity contribution in [3.8, 4) is 5.75 Å². The highest BCUT2D eigenvalue weighted by Gasteiger charge is 2.08. The van der Waals surface area contributed by atoms with Crippen LogP contribution in [0.25, 0.3) is 0 Å². The Balaban J connectivity index is 2.13. The molecule has 0 saturated heterocycles. The Bertz CT molecular complexity index is 592. The predicted molar refractivity (Wildman–Crippen MR) is 77.5 cm³/mol. The molecule has 0 spiro atoms. The quantitative estimate of drug-likeness (QED) is 0.780. The van der Waals surface area contributed by atoms with E-state index in [0.29, 0.717) is 22.0 Å². The zero-order chi connectivity index (χ0) is 13.8. The number of methoxy groups -OCH3 is 1. The van der Waals surface area contributed by atoms with Gasteiger partial charge in [0.15, 0.2) is 5.78 Å². The summed E-state index contributed by atoms with van der Waals surface area (Å²) in [6, 6.07) is 12.2. The van der Waals surface area contributed by atoms with Gasteiger partial charge in [0.05, 0.1) is 17.2 Å². The molecule has 0 aliphatic heterocycles. The van der Waals surface area contributed by atoms with Gasteiger partial charge >= 0.3 is 0 Å². The summed E-state index contributed by atoms with van der Waals surface area (Å²) in [6.45, 7) is 0. The number of carbonyl (C=O) groups excluding carboxylic acids is 1. The fraction of sp³-hybridized carbons (Fsp3) is 0.133. The van der Waals surface area contributed by atoms with Crippen molar-refractivity contribution in [1.29, 1.82) is 0 Å². The summed E-state index contributed by atoms with van der Waals surface area (Å²) in [5, 5.41) is 0.948. The molecule has 0 bridgehead atoms. The first kappa shape index (κ1) is 13.9. The summed E-state index contributed by atoms with van der Waals surface area (Å²) < 4.78 is 5.05. The number of carbonyl (C=O) groups is 1. The highest BCUT2D eigenvalue weighted by atomic mass is 35.5. The van der Waals surface area contributed by atoms with E-state index in [1.165, 1.54) is 0 Å². The van der Waals surface area contributed by atoms with Crippen molar-refractivity contribution in [1.82, 2.24) is 0 Å². The largest absolute Gasteiger partial charge is 0.497 e. The zero-order valence-electron chi connectivity index (χ0n) is 10.3. The Kier molecular flexibility index (Phi) is 4.46. The van der Waals surface area contributed by atoms with Gasteiger partial charge in [0.2, 0.25) is 0 Å². The fourth-order valence-corrected chi connectivity index (χ4v) is 2.03. The van der Waals surface area contributed by atoms with Gasteiger partial charge in [-0.2, -0.15) is 0 Å². The zero-order valence-corrected chi connectivity index (χ0v) is 11.8. The van der Waals surface area contributed by atoms with E-state index in [0.717, 1.165) is 11.3 Å². The van der Waals surface area contributed by atoms with Gasteiger partial charge < -0.3 is 4.74 Å². The van der Waals surface area contributed by atoms with Crippen molar-refractivity contribution in [3.63, 3.8) is 0 Å². The second-order valence-corrected chi connectivity index (χ2v) is 4.89. The number of ketones is 1. The lowest BCUT2D eigenvalue weighted by Crippen LogP contribution is -2.03. The Morgan fingerprint density at radius 2 is 1.74 bits per heavy atom. The summed E-state index contributed by atoms with van der Waals surface area (Å²) in [6.07, 6.45) is 0.295. The predicted octanol–water partition coefficient (Wildman–Crippen LogP) is 4.43. The number of halogens is 2. The lowest BCUT2D eigenvalue weighted by molar-refractivity contribution is 0.0993. The molecule has 0 aromatic heterocycles. The van der Waals surface area contributed by atoms with Gasteiger partial charge in [-0.3, -0.25) is 4.79 Å². The van der Waals surface area contributed by atoms with Gasteiger partial charge in [-0.15, -0.1) is 0 Å². The molecule has 0 saturated carbocycles. The Morgan fingerprint density at radius 3 is 2.32 bits per heavy atom.